The van der Waals surface area contributed by atoms with Gasteiger partial charge >= 0.3 is 0 Å². The molecule has 4 nitrogen and oxygen atoms in total. The Morgan fingerprint density at radius 2 is 1.80 bits per heavy atom. The molecule has 0 bridgehead atoms. The standard InChI is InChI=1S/C21H26N2O2/c1-16-12-23-15-19(24)11-18(23)14-22(16)13-17-6-5-9-21(10-17)25-20-7-3-2-4-8-20/h2-10,16,18-19,24H,11-15H2,1H3/t16-,18-,19-/m1/s1. The fraction of sp³-hybridized carbons (Fsp3) is 0.429. The molecule has 0 radical (unpaired) electrons. The molecule has 0 aliphatic carbocycles. The number of hydrogen-bond acceptors (Lipinski definition) is 4. The largest absolute Gasteiger partial charge is 0.457 e. The van der Waals surface area contributed by atoms with Crippen molar-refractivity contribution >= 4 is 0 Å². The van der Waals surface area contributed by atoms with Crippen LogP contribution in [0.1, 0.15) is 18.9 Å². The van der Waals surface area contributed by atoms with Crippen molar-refractivity contribution in [2.45, 2.75) is 38.1 Å². The van der Waals surface area contributed by atoms with E-state index in [1.54, 1.807) is 0 Å². The van der Waals surface area contributed by atoms with Crippen molar-refractivity contribution in [3.8, 4) is 11.5 Å². The Morgan fingerprint density at radius 3 is 2.64 bits per heavy atom. The fourth-order valence-electron chi connectivity index (χ4n) is 4.06. The molecule has 1 N–H and O–H groups in total. The Bertz CT molecular complexity index is 706. The van der Waals surface area contributed by atoms with Gasteiger partial charge in [-0.2, -0.15) is 0 Å². The summed E-state index contributed by atoms with van der Waals surface area (Å²) in [5.41, 5.74) is 1.27. The van der Waals surface area contributed by atoms with Crippen LogP contribution in [0.25, 0.3) is 0 Å². The van der Waals surface area contributed by atoms with Crippen LogP contribution in [0.15, 0.2) is 54.6 Å². The molecule has 2 heterocycles. The number of fused-ring (bicyclic) bond motifs is 1. The molecule has 0 saturated carbocycles. The monoisotopic (exact) mass is 338 g/mol. The number of aliphatic hydroxyl groups is 1. The molecular formula is C21H26N2O2. The minimum absolute atomic E-state index is 0.153. The molecule has 0 aromatic heterocycles. The van der Waals surface area contributed by atoms with Gasteiger partial charge < -0.3 is 9.84 Å². The van der Waals surface area contributed by atoms with Gasteiger partial charge in [0.25, 0.3) is 0 Å². The number of para-hydroxylation sites is 1. The first-order valence-electron chi connectivity index (χ1n) is 9.15. The SMILES string of the molecule is C[C@@H]1CN2C[C@H](O)C[C@@H]2CN1Cc1cccc(Oc2ccccc2)c1. The van der Waals surface area contributed by atoms with E-state index in [0.717, 1.165) is 44.1 Å². The number of aliphatic hydroxyl groups excluding tert-OH is 1. The van der Waals surface area contributed by atoms with Gasteiger partial charge in [0.15, 0.2) is 0 Å². The number of hydrogen-bond donors (Lipinski definition) is 1. The molecule has 2 aliphatic heterocycles. The summed E-state index contributed by atoms with van der Waals surface area (Å²) in [4.78, 5) is 4.97. The molecule has 25 heavy (non-hydrogen) atoms. The zero-order valence-electron chi connectivity index (χ0n) is 14.7. The van der Waals surface area contributed by atoms with Gasteiger partial charge in [-0.1, -0.05) is 30.3 Å². The maximum Gasteiger partial charge on any atom is 0.127 e. The van der Waals surface area contributed by atoms with Crippen molar-refractivity contribution in [2.75, 3.05) is 19.6 Å². The van der Waals surface area contributed by atoms with Crippen molar-refractivity contribution < 1.29 is 9.84 Å². The fourth-order valence-corrected chi connectivity index (χ4v) is 4.06. The topological polar surface area (TPSA) is 35.9 Å². The van der Waals surface area contributed by atoms with Gasteiger partial charge in [0.1, 0.15) is 11.5 Å². The third-order valence-corrected chi connectivity index (χ3v) is 5.34. The Labute approximate surface area is 149 Å². The Morgan fingerprint density at radius 1 is 1.00 bits per heavy atom. The third kappa shape index (κ3) is 3.87. The maximum absolute atomic E-state index is 9.92. The molecule has 0 amide bonds. The van der Waals surface area contributed by atoms with Gasteiger partial charge in [-0.05, 0) is 43.2 Å². The minimum atomic E-state index is -0.153. The first kappa shape index (κ1) is 16.6. The average molecular weight is 338 g/mol. The zero-order chi connectivity index (χ0) is 17.2. The van der Waals surface area contributed by atoms with E-state index < -0.39 is 0 Å². The quantitative estimate of drug-likeness (QED) is 0.929. The normalized spacial score (nSPS) is 27.2. The summed E-state index contributed by atoms with van der Waals surface area (Å²) < 4.78 is 5.96. The van der Waals surface area contributed by atoms with E-state index in [9.17, 15) is 5.11 Å². The second-order valence-corrected chi connectivity index (χ2v) is 7.34. The molecule has 4 heteroatoms. The van der Waals surface area contributed by atoms with E-state index in [0.29, 0.717) is 12.1 Å². The van der Waals surface area contributed by atoms with Crippen molar-refractivity contribution in [3.05, 3.63) is 60.2 Å². The van der Waals surface area contributed by atoms with Crippen molar-refractivity contribution in [1.29, 1.82) is 0 Å². The van der Waals surface area contributed by atoms with Crippen molar-refractivity contribution in [1.82, 2.24) is 9.80 Å². The van der Waals surface area contributed by atoms with Crippen LogP contribution in [-0.2, 0) is 6.54 Å². The predicted molar refractivity (Wildman–Crippen MR) is 98.8 cm³/mol. The minimum Gasteiger partial charge on any atom is -0.457 e. The Hall–Kier alpha value is -1.88. The van der Waals surface area contributed by atoms with E-state index in [1.165, 1.54) is 5.56 Å². The molecule has 3 atom stereocenters. The number of piperazine rings is 1. The van der Waals surface area contributed by atoms with Crippen LogP contribution >= 0.6 is 0 Å². The van der Waals surface area contributed by atoms with E-state index in [-0.39, 0.29) is 6.10 Å². The van der Waals surface area contributed by atoms with E-state index in [2.05, 4.69) is 34.9 Å². The number of rotatable bonds is 4. The first-order valence-corrected chi connectivity index (χ1v) is 9.15. The summed E-state index contributed by atoms with van der Waals surface area (Å²) >= 11 is 0. The van der Waals surface area contributed by atoms with E-state index in [1.807, 2.05) is 36.4 Å². The number of benzene rings is 2. The van der Waals surface area contributed by atoms with Gasteiger partial charge in [-0.3, -0.25) is 9.80 Å². The molecule has 2 saturated heterocycles. The number of ether oxygens (including phenoxy) is 1. The lowest BCUT2D eigenvalue weighted by atomic mass is 10.1. The van der Waals surface area contributed by atoms with Crippen LogP contribution in [0, 0.1) is 0 Å². The van der Waals surface area contributed by atoms with Crippen LogP contribution < -0.4 is 4.74 Å². The van der Waals surface area contributed by atoms with Gasteiger partial charge in [0.05, 0.1) is 6.10 Å². The molecule has 0 unspecified atom stereocenters. The molecule has 4 rings (SSSR count). The molecule has 2 aromatic rings. The van der Waals surface area contributed by atoms with Crippen LogP contribution in [0.3, 0.4) is 0 Å². The summed E-state index contributed by atoms with van der Waals surface area (Å²) in [7, 11) is 0. The van der Waals surface area contributed by atoms with Crippen LogP contribution in [-0.4, -0.2) is 52.7 Å². The van der Waals surface area contributed by atoms with Gasteiger partial charge in [-0.15, -0.1) is 0 Å². The van der Waals surface area contributed by atoms with E-state index in [4.69, 9.17) is 4.74 Å². The summed E-state index contributed by atoms with van der Waals surface area (Å²) in [6.45, 7) is 6.12. The lowest BCUT2D eigenvalue weighted by Gasteiger charge is -2.42. The molecular weight excluding hydrogens is 312 g/mol. The summed E-state index contributed by atoms with van der Waals surface area (Å²) in [5, 5.41) is 9.92. The third-order valence-electron chi connectivity index (χ3n) is 5.34. The molecule has 2 aliphatic rings. The number of nitrogens with zero attached hydrogens (tertiary/aromatic N) is 2. The highest BCUT2D eigenvalue weighted by Gasteiger charge is 2.37. The highest BCUT2D eigenvalue weighted by Crippen LogP contribution is 2.27. The first-order chi connectivity index (χ1) is 12.2. The van der Waals surface area contributed by atoms with E-state index >= 15 is 0 Å². The Balaban J connectivity index is 1.43. The second-order valence-electron chi connectivity index (χ2n) is 7.34. The lowest BCUT2D eigenvalue weighted by molar-refractivity contribution is 0.0528. The molecule has 0 spiro atoms. The van der Waals surface area contributed by atoms with Crippen molar-refractivity contribution in [3.63, 3.8) is 0 Å². The summed E-state index contributed by atoms with van der Waals surface area (Å²) in [6, 6.07) is 19.3. The van der Waals surface area contributed by atoms with Crippen LogP contribution in [0.4, 0.5) is 0 Å². The maximum atomic E-state index is 9.92. The summed E-state index contributed by atoms with van der Waals surface area (Å²) in [6.07, 6.45) is 0.750. The smallest absolute Gasteiger partial charge is 0.127 e. The second kappa shape index (κ2) is 7.16. The zero-order valence-corrected chi connectivity index (χ0v) is 14.7. The highest BCUT2D eigenvalue weighted by molar-refractivity contribution is 5.33. The predicted octanol–water partition coefficient (Wildman–Crippen LogP) is 3.12. The molecule has 2 fully saturated rings. The lowest BCUT2D eigenvalue weighted by Crippen LogP contribution is -2.54. The highest BCUT2D eigenvalue weighted by atomic mass is 16.5. The van der Waals surface area contributed by atoms with Crippen molar-refractivity contribution in [2.24, 2.45) is 0 Å². The van der Waals surface area contributed by atoms with Gasteiger partial charge in [-0.25, -0.2) is 0 Å². The summed E-state index contributed by atoms with van der Waals surface area (Å²) in [5.74, 6) is 1.74. The Kier molecular flexibility index (Phi) is 4.75. The molecule has 132 valence electrons. The van der Waals surface area contributed by atoms with Crippen LogP contribution in [0.2, 0.25) is 0 Å². The van der Waals surface area contributed by atoms with Gasteiger partial charge in [0, 0.05) is 38.3 Å². The molecule has 2 aromatic carbocycles. The van der Waals surface area contributed by atoms with Crippen LogP contribution in [0.5, 0.6) is 11.5 Å². The van der Waals surface area contributed by atoms with Gasteiger partial charge in [0.2, 0.25) is 0 Å². The average Bonchev–Trinajstić information content (AvgIpc) is 2.95.